The van der Waals surface area contributed by atoms with Crippen molar-refractivity contribution >= 4 is 31.5 Å². The minimum atomic E-state index is -3.81. The number of rotatable bonds is 6. The van der Waals surface area contributed by atoms with Gasteiger partial charge in [-0.3, -0.25) is 4.90 Å². The van der Waals surface area contributed by atoms with E-state index in [0.29, 0.717) is 0 Å². The molecule has 2 aromatic rings. The normalized spacial score (nSPS) is 11.1. The lowest BCUT2D eigenvalue weighted by Gasteiger charge is -2.21. The first kappa shape index (κ1) is 18.2. The third-order valence-corrected chi connectivity index (χ3v) is 4.24. The summed E-state index contributed by atoms with van der Waals surface area (Å²) in [5.41, 5.74) is 0.961. The summed E-state index contributed by atoms with van der Waals surface area (Å²) in [5, 5.41) is 0. The Hall–Kier alpha value is -2.12. The van der Waals surface area contributed by atoms with E-state index < -0.39 is 26.7 Å². The van der Waals surface area contributed by atoms with Gasteiger partial charge in [-0.15, -0.1) is 0 Å². The Labute approximate surface area is 144 Å². The molecule has 0 bridgehead atoms. The van der Waals surface area contributed by atoms with Gasteiger partial charge in [0.15, 0.2) is 0 Å². The van der Waals surface area contributed by atoms with Crippen LogP contribution in [-0.4, -0.2) is 26.8 Å². The van der Waals surface area contributed by atoms with Gasteiger partial charge >= 0.3 is 6.09 Å². The Bertz CT molecular complexity index is 799. The molecule has 0 radical (unpaired) electrons. The summed E-state index contributed by atoms with van der Waals surface area (Å²) in [5.74, 6) is -1.03. The van der Waals surface area contributed by atoms with E-state index in [-0.39, 0.29) is 18.8 Å². The van der Waals surface area contributed by atoms with Crippen molar-refractivity contribution in [3.05, 3.63) is 66.0 Å². The molecule has 0 aliphatic heterocycles. The van der Waals surface area contributed by atoms with E-state index in [1.807, 2.05) is 6.07 Å². The number of nitrogens with zero attached hydrogens (tertiary/aromatic N) is 1. The summed E-state index contributed by atoms with van der Waals surface area (Å²) in [4.78, 5) is 13.3. The molecule has 0 unspecified atom stereocenters. The minimum Gasteiger partial charge on any atom is -0.444 e. The molecule has 0 heterocycles. The van der Waals surface area contributed by atoms with E-state index in [4.69, 9.17) is 15.4 Å². The summed E-state index contributed by atoms with van der Waals surface area (Å²) in [6.45, 7) is -0.234. The molecule has 5 nitrogen and oxygen atoms in total. The van der Waals surface area contributed by atoms with Gasteiger partial charge in [-0.05, 0) is 23.8 Å². The monoisotopic (exact) mass is 371 g/mol. The van der Waals surface area contributed by atoms with E-state index in [9.17, 15) is 17.6 Å². The average Bonchev–Trinajstić information content (AvgIpc) is 2.53. The summed E-state index contributed by atoms with van der Waals surface area (Å²) in [7, 11) is 1.38. The molecule has 0 spiro atoms. The number of benzene rings is 2. The maximum absolute atomic E-state index is 13.4. The van der Waals surface area contributed by atoms with Gasteiger partial charge in [0.25, 0.3) is 0 Å². The number of carbonyl (C=O) groups excluding carboxylic acids is 1. The average molecular weight is 372 g/mol. The van der Waals surface area contributed by atoms with Crippen molar-refractivity contribution in [2.45, 2.75) is 6.61 Å². The lowest BCUT2D eigenvalue weighted by molar-refractivity contribution is 0.147. The van der Waals surface area contributed by atoms with Gasteiger partial charge in [-0.25, -0.2) is 17.6 Å². The molecule has 128 valence electrons. The van der Waals surface area contributed by atoms with Gasteiger partial charge in [0.05, 0.1) is 5.75 Å². The first-order valence-electron chi connectivity index (χ1n) is 7.01. The van der Waals surface area contributed by atoms with Crippen LogP contribution in [0.25, 0.3) is 0 Å². The Balaban J connectivity index is 2.13. The molecule has 2 aromatic carbocycles. The second-order valence-electron chi connectivity index (χ2n) is 4.91. The van der Waals surface area contributed by atoms with Crippen molar-refractivity contribution in [1.29, 1.82) is 0 Å². The second kappa shape index (κ2) is 8.12. The maximum atomic E-state index is 13.4. The van der Waals surface area contributed by atoms with Crippen LogP contribution < -0.4 is 4.90 Å². The number of halogens is 2. The Morgan fingerprint density at radius 2 is 1.83 bits per heavy atom. The molecule has 0 aromatic heterocycles. The van der Waals surface area contributed by atoms with Crippen LogP contribution in [0.4, 0.5) is 14.9 Å². The van der Waals surface area contributed by atoms with Gasteiger partial charge in [-0.1, -0.05) is 36.4 Å². The molecule has 0 atom stereocenters. The molecule has 0 fully saturated rings. The second-order valence-corrected chi connectivity index (χ2v) is 7.81. The SMILES string of the molecule is O=C(OCc1ccccc1)N(CCS(=O)(=O)Cl)c1cccc(F)c1. The first-order valence-corrected chi connectivity index (χ1v) is 9.49. The summed E-state index contributed by atoms with van der Waals surface area (Å²) in [6, 6.07) is 14.2. The fourth-order valence-corrected chi connectivity index (χ4v) is 2.58. The molecular weight excluding hydrogens is 357 g/mol. The van der Waals surface area contributed by atoms with Crippen molar-refractivity contribution in [1.82, 2.24) is 0 Å². The quantitative estimate of drug-likeness (QED) is 0.728. The molecule has 0 saturated heterocycles. The largest absolute Gasteiger partial charge is 0.444 e. The molecule has 0 saturated carbocycles. The van der Waals surface area contributed by atoms with E-state index in [0.717, 1.165) is 16.5 Å². The molecule has 2 rings (SSSR count). The predicted molar refractivity (Wildman–Crippen MR) is 90.0 cm³/mol. The zero-order valence-corrected chi connectivity index (χ0v) is 14.1. The first-order chi connectivity index (χ1) is 11.3. The van der Waals surface area contributed by atoms with Gasteiger partial charge < -0.3 is 4.74 Å². The van der Waals surface area contributed by atoms with Crippen LogP contribution in [-0.2, 0) is 20.4 Å². The lowest BCUT2D eigenvalue weighted by atomic mass is 10.2. The fourth-order valence-electron chi connectivity index (χ4n) is 1.97. The standard InChI is InChI=1S/C16H15ClFNO4S/c17-24(21,22)10-9-19(15-8-4-7-14(18)11-15)16(20)23-12-13-5-2-1-3-6-13/h1-8,11H,9-10,12H2. The van der Waals surface area contributed by atoms with E-state index in [1.165, 1.54) is 18.2 Å². The number of carbonyl (C=O) groups is 1. The molecule has 1 amide bonds. The van der Waals surface area contributed by atoms with Gasteiger partial charge in [0, 0.05) is 22.9 Å². The van der Waals surface area contributed by atoms with Gasteiger partial charge in [0.1, 0.15) is 12.4 Å². The lowest BCUT2D eigenvalue weighted by Crippen LogP contribution is -2.35. The van der Waals surface area contributed by atoms with E-state index in [1.54, 1.807) is 24.3 Å². The molecule has 0 aliphatic rings. The number of hydrogen-bond donors (Lipinski definition) is 0. The maximum Gasteiger partial charge on any atom is 0.414 e. The highest BCUT2D eigenvalue weighted by atomic mass is 35.7. The fraction of sp³-hybridized carbons (Fsp3) is 0.188. The molecular formula is C16H15ClFNO4S. The van der Waals surface area contributed by atoms with E-state index in [2.05, 4.69) is 0 Å². The third-order valence-electron chi connectivity index (χ3n) is 3.10. The summed E-state index contributed by atoms with van der Waals surface area (Å²) < 4.78 is 40.9. The van der Waals surface area contributed by atoms with Crippen LogP contribution in [0.3, 0.4) is 0 Å². The highest BCUT2D eigenvalue weighted by Crippen LogP contribution is 2.18. The van der Waals surface area contributed by atoms with Crippen LogP contribution in [0, 0.1) is 5.82 Å². The van der Waals surface area contributed by atoms with Gasteiger partial charge in [0.2, 0.25) is 9.05 Å². The Morgan fingerprint density at radius 3 is 2.46 bits per heavy atom. The summed E-state index contributed by atoms with van der Waals surface area (Å²) >= 11 is 0. The smallest absolute Gasteiger partial charge is 0.414 e. The number of ether oxygens (including phenoxy) is 1. The van der Waals surface area contributed by atoms with Crippen molar-refractivity contribution < 1.29 is 22.3 Å². The highest BCUT2D eigenvalue weighted by molar-refractivity contribution is 8.13. The Morgan fingerprint density at radius 1 is 1.12 bits per heavy atom. The van der Waals surface area contributed by atoms with Crippen molar-refractivity contribution in [2.24, 2.45) is 0 Å². The topological polar surface area (TPSA) is 63.7 Å². The van der Waals surface area contributed by atoms with Gasteiger partial charge in [-0.2, -0.15) is 0 Å². The van der Waals surface area contributed by atoms with Crippen LogP contribution >= 0.6 is 10.7 Å². The third kappa shape index (κ3) is 5.82. The highest BCUT2D eigenvalue weighted by Gasteiger charge is 2.20. The number of hydrogen-bond acceptors (Lipinski definition) is 4. The van der Waals surface area contributed by atoms with Crippen molar-refractivity contribution in [2.75, 3.05) is 17.2 Å². The molecule has 0 aliphatic carbocycles. The number of amides is 1. The van der Waals surface area contributed by atoms with Crippen molar-refractivity contribution in [3.8, 4) is 0 Å². The summed E-state index contributed by atoms with van der Waals surface area (Å²) in [6.07, 6.45) is -0.787. The van der Waals surface area contributed by atoms with Crippen LogP contribution in [0.2, 0.25) is 0 Å². The van der Waals surface area contributed by atoms with Crippen LogP contribution in [0.15, 0.2) is 54.6 Å². The minimum absolute atomic E-state index is 0.0130. The Kier molecular flexibility index (Phi) is 6.16. The molecule has 8 heteroatoms. The van der Waals surface area contributed by atoms with Crippen LogP contribution in [0.5, 0.6) is 0 Å². The number of anilines is 1. The van der Waals surface area contributed by atoms with Crippen molar-refractivity contribution in [3.63, 3.8) is 0 Å². The zero-order chi connectivity index (χ0) is 17.6. The van der Waals surface area contributed by atoms with E-state index >= 15 is 0 Å². The molecule has 24 heavy (non-hydrogen) atoms. The zero-order valence-electron chi connectivity index (χ0n) is 12.6. The predicted octanol–water partition coefficient (Wildman–Crippen LogP) is 3.54. The molecule has 0 N–H and O–H groups in total. The van der Waals surface area contributed by atoms with Crippen LogP contribution in [0.1, 0.15) is 5.56 Å².